The molecule has 0 atom stereocenters. The van der Waals surface area contributed by atoms with E-state index in [9.17, 15) is 18.9 Å². The summed E-state index contributed by atoms with van der Waals surface area (Å²) < 4.78 is 19.2. The summed E-state index contributed by atoms with van der Waals surface area (Å²) in [6.07, 6.45) is 3.55. The Morgan fingerprint density at radius 2 is 1.85 bits per heavy atom. The molecule has 6 rings (SSSR count). The maximum absolute atomic E-state index is 13.8. The molecular formula is C28H27FN6O4. The van der Waals surface area contributed by atoms with Crippen molar-refractivity contribution in [3.05, 3.63) is 71.2 Å². The van der Waals surface area contributed by atoms with Gasteiger partial charge >= 0.3 is 6.03 Å². The summed E-state index contributed by atoms with van der Waals surface area (Å²) >= 11 is 0. The number of amides is 3. The van der Waals surface area contributed by atoms with Crippen molar-refractivity contribution in [3.8, 4) is 5.75 Å². The minimum Gasteiger partial charge on any atom is -0.497 e. The van der Waals surface area contributed by atoms with E-state index >= 15 is 0 Å². The number of carbonyl (C=O) groups is 3. The topological polar surface area (TPSA) is 108 Å². The van der Waals surface area contributed by atoms with Crippen LogP contribution in [-0.4, -0.2) is 65.4 Å². The number of hydrogen-bond acceptors (Lipinski definition) is 7. The van der Waals surface area contributed by atoms with Crippen molar-refractivity contribution in [1.82, 2.24) is 14.9 Å². The van der Waals surface area contributed by atoms with Crippen LogP contribution in [0.15, 0.2) is 48.8 Å². The van der Waals surface area contributed by atoms with Gasteiger partial charge in [0.25, 0.3) is 5.91 Å². The first-order valence-electron chi connectivity index (χ1n) is 12.9. The first kappa shape index (κ1) is 24.8. The first-order valence-corrected chi connectivity index (χ1v) is 12.9. The molecule has 200 valence electrons. The van der Waals surface area contributed by atoms with Crippen LogP contribution >= 0.6 is 0 Å². The predicted octanol–water partition coefficient (Wildman–Crippen LogP) is 3.55. The Labute approximate surface area is 224 Å². The lowest BCUT2D eigenvalue weighted by Gasteiger charge is -2.38. The Morgan fingerprint density at radius 3 is 2.64 bits per heavy atom. The van der Waals surface area contributed by atoms with Gasteiger partial charge in [-0.3, -0.25) is 9.59 Å². The Morgan fingerprint density at radius 1 is 1.03 bits per heavy atom. The number of nitrogens with zero attached hydrogens (tertiary/aromatic N) is 5. The second kappa shape index (κ2) is 9.97. The van der Waals surface area contributed by atoms with Crippen LogP contribution < -0.4 is 20.1 Å². The van der Waals surface area contributed by atoms with Crippen molar-refractivity contribution in [2.24, 2.45) is 0 Å². The first-order chi connectivity index (χ1) is 18.9. The summed E-state index contributed by atoms with van der Waals surface area (Å²) in [6.45, 7) is 1.97. The Kier molecular flexibility index (Phi) is 6.34. The van der Waals surface area contributed by atoms with E-state index in [0.717, 1.165) is 36.3 Å². The lowest BCUT2D eigenvalue weighted by Crippen LogP contribution is -2.49. The van der Waals surface area contributed by atoms with Gasteiger partial charge < -0.3 is 19.9 Å². The van der Waals surface area contributed by atoms with Crippen molar-refractivity contribution < 1.29 is 23.6 Å². The second-order valence-corrected chi connectivity index (χ2v) is 9.90. The Balaban J connectivity index is 1.11. The number of halogens is 1. The summed E-state index contributed by atoms with van der Waals surface area (Å²) in [7, 11) is 1.63. The highest BCUT2D eigenvalue weighted by Crippen LogP contribution is 2.31. The number of piperidine rings is 1. The standard InChI is InChI=1S/C28H27FN6O4/c1-39-21-3-4-22-17(13-21)6-11-34(28(38)32-22)20-7-9-33(10-8-20)25-15-23(30-16-31-25)27(37)18-2-5-24-19(12-18)14-26(36)35(24)29/h2-5,12-13,15-16,20H,6-11,14H2,1H3,(H,32,38). The summed E-state index contributed by atoms with van der Waals surface area (Å²) in [6, 6.07) is 11.8. The molecule has 1 saturated heterocycles. The molecular weight excluding hydrogens is 503 g/mol. The van der Waals surface area contributed by atoms with Crippen molar-refractivity contribution in [3.63, 3.8) is 0 Å². The number of hydrogen-bond donors (Lipinski definition) is 1. The van der Waals surface area contributed by atoms with Gasteiger partial charge in [0.1, 0.15) is 23.6 Å². The number of rotatable bonds is 5. The molecule has 3 aliphatic rings. The van der Waals surface area contributed by atoms with Gasteiger partial charge in [0.05, 0.1) is 19.2 Å². The third-order valence-corrected chi connectivity index (χ3v) is 7.67. The van der Waals surface area contributed by atoms with Gasteiger partial charge in [0.15, 0.2) is 0 Å². The zero-order chi connectivity index (χ0) is 27.1. The monoisotopic (exact) mass is 530 g/mol. The largest absolute Gasteiger partial charge is 0.497 e. The molecule has 3 amide bonds. The SMILES string of the molecule is COc1ccc2c(c1)CCN(C1CCN(c3cc(C(=O)c4ccc5c(c4)CC(=O)N5F)ncn3)CC1)C(=O)N2. The number of carbonyl (C=O) groups excluding carboxylic acids is 3. The molecule has 0 spiro atoms. The fourth-order valence-corrected chi connectivity index (χ4v) is 5.53. The molecule has 1 aromatic heterocycles. The van der Waals surface area contributed by atoms with Gasteiger partial charge in [0.2, 0.25) is 5.78 Å². The minimum absolute atomic E-state index is 0.0771. The zero-order valence-electron chi connectivity index (χ0n) is 21.4. The van der Waals surface area contributed by atoms with Crippen LogP contribution in [0.25, 0.3) is 0 Å². The number of benzene rings is 2. The van der Waals surface area contributed by atoms with E-state index in [1.807, 2.05) is 23.1 Å². The molecule has 0 aliphatic carbocycles. The number of ether oxygens (including phenoxy) is 1. The number of methoxy groups -OCH3 is 1. The van der Waals surface area contributed by atoms with E-state index in [-0.39, 0.29) is 40.8 Å². The summed E-state index contributed by atoms with van der Waals surface area (Å²) in [4.78, 5) is 50.4. The molecule has 0 bridgehead atoms. The highest BCUT2D eigenvalue weighted by Gasteiger charge is 2.31. The molecule has 3 aromatic rings. The molecule has 4 heterocycles. The van der Waals surface area contributed by atoms with E-state index in [2.05, 4.69) is 20.2 Å². The molecule has 0 unspecified atom stereocenters. The van der Waals surface area contributed by atoms with E-state index in [0.29, 0.717) is 36.6 Å². The predicted molar refractivity (Wildman–Crippen MR) is 142 cm³/mol. The zero-order valence-corrected chi connectivity index (χ0v) is 21.4. The van der Waals surface area contributed by atoms with Crippen LogP contribution in [0.2, 0.25) is 0 Å². The molecule has 0 radical (unpaired) electrons. The maximum Gasteiger partial charge on any atom is 0.322 e. The van der Waals surface area contributed by atoms with E-state index < -0.39 is 5.91 Å². The van der Waals surface area contributed by atoms with E-state index in [1.54, 1.807) is 19.2 Å². The van der Waals surface area contributed by atoms with Crippen LogP contribution in [0.4, 0.5) is 26.5 Å². The van der Waals surface area contributed by atoms with Gasteiger partial charge in [-0.1, -0.05) is 4.48 Å². The highest BCUT2D eigenvalue weighted by atomic mass is 19.2. The third-order valence-electron chi connectivity index (χ3n) is 7.67. The number of fused-ring (bicyclic) bond motifs is 2. The Bertz CT molecular complexity index is 1470. The number of aromatic nitrogens is 2. The number of nitrogens with one attached hydrogen (secondary N) is 1. The molecule has 3 aliphatic heterocycles. The fourth-order valence-electron chi connectivity index (χ4n) is 5.53. The molecule has 1 N–H and O–H groups in total. The van der Waals surface area contributed by atoms with Gasteiger partial charge in [-0.05, 0) is 66.8 Å². The van der Waals surface area contributed by atoms with Crippen LogP contribution in [0, 0.1) is 0 Å². The van der Waals surface area contributed by atoms with Crippen molar-refractivity contribution >= 4 is 34.9 Å². The average Bonchev–Trinajstić information content (AvgIpc) is 3.14. The van der Waals surface area contributed by atoms with Crippen molar-refractivity contribution in [2.45, 2.75) is 31.7 Å². The van der Waals surface area contributed by atoms with E-state index in [4.69, 9.17) is 4.74 Å². The van der Waals surface area contributed by atoms with Crippen LogP contribution in [0.3, 0.4) is 0 Å². The average molecular weight is 531 g/mol. The molecule has 39 heavy (non-hydrogen) atoms. The molecule has 10 nitrogen and oxygen atoms in total. The maximum atomic E-state index is 13.8. The summed E-state index contributed by atoms with van der Waals surface area (Å²) in [5.41, 5.74) is 3.08. The fraction of sp³-hybridized carbons (Fsp3) is 0.321. The summed E-state index contributed by atoms with van der Waals surface area (Å²) in [5.74, 6) is 0.436. The number of anilines is 3. The van der Waals surface area contributed by atoms with Gasteiger partial charge in [-0.25, -0.2) is 14.8 Å². The smallest absolute Gasteiger partial charge is 0.322 e. The lowest BCUT2D eigenvalue weighted by molar-refractivity contribution is -0.119. The van der Waals surface area contributed by atoms with Gasteiger partial charge in [0, 0.05) is 43.0 Å². The highest BCUT2D eigenvalue weighted by molar-refractivity contribution is 6.09. The van der Waals surface area contributed by atoms with Crippen LogP contribution in [0.5, 0.6) is 5.75 Å². The lowest BCUT2D eigenvalue weighted by atomic mass is 10.0. The van der Waals surface area contributed by atoms with Crippen LogP contribution in [-0.2, 0) is 17.6 Å². The molecule has 2 aromatic carbocycles. The number of ketones is 1. The second-order valence-electron chi connectivity index (χ2n) is 9.90. The summed E-state index contributed by atoms with van der Waals surface area (Å²) in [5, 5.41) is 3.15. The normalized spacial score (nSPS) is 17.4. The number of urea groups is 1. The quantitative estimate of drug-likeness (QED) is 0.397. The molecule has 11 heteroatoms. The van der Waals surface area contributed by atoms with Crippen molar-refractivity contribution in [2.75, 3.05) is 42.1 Å². The minimum atomic E-state index is -0.648. The van der Waals surface area contributed by atoms with Gasteiger partial charge in [-0.15, -0.1) is 5.12 Å². The Hall–Kier alpha value is -4.54. The molecule has 1 fully saturated rings. The van der Waals surface area contributed by atoms with Crippen LogP contribution in [0.1, 0.15) is 40.0 Å². The van der Waals surface area contributed by atoms with E-state index in [1.165, 1.54) is 18.5 Å². The molecule has 0 saturated carbocycles. The van der Waals surface area contributed by atoms with Crippen molar-refractivity contribution in [1.29, 1.82) is 0 Å². The van der Waals surface area contributed by atoms with Gasteiger partial charge in [-0.2, -0.15) is 0 Å². The third kappa shape index (κ3) is 4.64.